The van der Waals surface area contributed by atoms with Gasteiger partial charge in [0.05, 0.1) is 11.3 Å². The van der Waals surface area contributed by atoms with Crippen molar-refractivity contribution in [2.45, 2.75) is 51.5 Å². The molecule has 2 N–H and O–H groups in total. The molecule has 1 aromatic rings. The van der Waals surface area contributed by atoms with Gasteiger partial charge in [-0.3, -0.25) is 19.7 Å². The minimum Gasteiger partial charge on any atom is -0.456 e. The molecule has 0 aromatic carbocycles. The lowest BCUT2D eigenvalue weighted by molar-refractivity contribution is -0.148. The van der Waals surface area contributed by atoms with Gasteiger partial charge >= 0.3 is 12.0 Å². The van der Waals surface area contributed by atoms with Gasteiger partial charge in [0, 0.05) is 12.5 Å². The minimum atomic E-state index is -0.691. The standard InChI is InChI=1S/C18H24N2O5S/c1-12-5-2-3-6-13(12)19-18(24)20-16(22)11-25-17(23)9-8-14(21)15-7-4-10-26-15/h4,7,10,12-13H,2-3,5-6,8-9,11H2,1H3,(H2,19,20,22,24)/t12-,13+/m0/s1. The zero-order valence-corrected chi connectivity index (χ0v) is 15.6. The van der Waals surface area contributed by atoms with Gasteiger partial charge in [-0.1, -0.05) is 25.8 Å². The second-order valence-corrected chi connectivity index (χ2v) is 7.40. The maximum Gasteiger partial charge on any atom is 0.321 e. The van der Waals surface area contributed by atoms with Gasteiger partial charge in [-0.2, -0.15) is 0 Å². The van der Waals surface area contributed by atoms with Crippen molar-refractivity contribution >= 4 is 35.0 Å². The Balaban J connectivity index is 1.62. The van der Waals surface area contributed by atoms with Crippen molar-refractivity contribution < 1.29 is 23.9 Å². The van der Waals surface area contributed by atoms with E-state index in [-0.39, 0.29) is 24.7 Å². The molecule has 0 spiro atoms. The van der Waals surface area contributed by atoms with E-state index in [1.807, 2.05) is 0 Å². The Morgan fingerprint density at radius 1 is 1.19 bits per heavy atom. The normalized spacial score (nSPS) is 19.4. The quantitative estimate of drug-likeness (QED) is 0.559. The summed E-state index contributed by atoms with van der Waals surface area (Å²) in [6.45, 7) is 1.53. The number of hydrogen-bond donors (Lipinski definition) is 2. The number of imide groups is 1. The first-order valence-corrected chi connectivity index (χ1v) is 9.66. The zero-order chi connectivity index (χ0) is 18.9. The second kappa shape index (κ2) is 10.1. The number of Topliss-reactive ketones (excluding diaryl/α,β-unsaturated/α-hetero) is 1. The number of hydrogen-bond acceptors (Lipinski definition) is 6. The number of nitrogens with one attached hydrogen (secondary N) is 2. The van der Waals surface area contributed by atoms with Crippen LogP contribution in [0.3, 0.4) is 0 Å². The number of rotatable bonds is 7. The molecule has 0 saturated heterocycles. The summed E-state index contributed by atoms with van der Waals surface area (Å²) in [7, 11) is 0. The topological polar surface area (TPSA) is 102 Å². The van der Waals surface area contributed by atoms with Crippen LogP contribution in [0.25, 0.3) is 0 Å². The van der Waals surface area contributed by atoms with Gasteiger partial charge in [0.25, 0.3) is 5.91 Å². The molecule has 0 unspecified atom stereocenters. The number of carbonyl (C=O) groups is 4. The second-order valence-electron chi connectivity index (χ2n) is 6.45. The third-order valence-corrected chi connectivity index (χ3v) is 5.31. The van der Waals surface area contributed by atoms with Gasteiger partial charge in [-0.05, 0) is 30.2 Å². The maximum atomic E-state index is 11.8. The van der Waals surface area contributed by atoms with E-state index >= 15 is 0 Å². The van der Waals surface area contributed by atoms with Crippen molar-refractivity contribution in [1.82, 2.24) is 10.6 Å². The monoisotopic (exact) mass is 380 g/mol. The Morgan fingerprint density at radius 2 is 1.96 bits per heavy atom. The van der Waals surface area contributed by atoms with Crippen LogP contribution in [-0.4, -0.2) is 36.3 Å². The van der Waals surface area contributed by atoms with E-state index in [9.17, 15) is 19.2 Å². The number of thiophene rings is 1. The summed E-state index contributed by atoms with van der Waals surface area (Å²) in [5.41, 5.74) is 0. The van der Waals surface area contributed by atoms with Crippen molar-refractivity contribution in [1.29, 1.82) is 0 Å². The van der Waals surface area contributed by atoms with E-state index in [2.05, 4.69) is 17.6 Å². The summed E-state index contributed by atoms with van der Waals surface area (Å²) < 4.78 is 4.80. The van der Waals surface area contributed by atoms with Crippen LogP contribution in [-0.2, 0) is 14.3 Å². The number of ketones is 1. The smallest absolute Gasteiger partial charge is 0.321 e. The van der Waals surface area contributed by atoms with Crippen molar-refractivity contribution in [2.24, 2.45) is 5.92 Å². The first-order valence-electron chi connectivity index (χ1n) is 8.78. The van der Waals surface area contributed by atoms with Crippen LogP contribution in [0.2, 0.25) is 0 Å². The molecule has 2 rings (SSSR count). The fraction of sp³-hybridized carbons (Fsp3) is 0.556. The molecule has 8 heteroatoms. The molecule has 1 fully saturated rings. The van der Waals surface area contributed by atoms with Gasteiger partial charge < -0.3 is 10.1 Å². The summed E-state index contributed by atoms with van der Waals surface area (Å²) in [5.74, 6) is -1.10. The molecule has 1 aromatic heterocycles. The van der Waals surface area contributed by atoms with Crippen molar-refractivity contribution in [2.75, 3.05) is 6.61 Å². The van der Waals surface area contributed by atoms with Crippen LogP contribution in [0.5, 0.6) is 0 Å². The number of esters is 1. The third-order valence-electron chi connectivity index (χ3n) is 4.40. The molecule has 7 nitrogen and oxygen atoms in total. The van der Waals surface area contributed by atoms with Gasteiger partial charge in [0.15, 0.2) is 12.4 Å². The number of urea groups is 1. The van der Waals surface area contributed by atoms with E-state index in [1.54, 1.807) is 17.5 Å². The molecule has 26 heavy (non-hydrogen) atoms. The van der Waals surface area contributed by atoms with Gasteiger partial charge in [0.2, 0.25) is 0 Å². The molecular formula is C18H24N2O5S. The van der Waals surface area contributed by atoms with E-state index in [0.29, 0.717) is 10.8 Å². The average molecular weight is 380 g/mol. The highest BCUT2D eigenvalue weighted by atomic mass is 32.1. The third kappa shape index (κ3) is 6.59. The van der Waals surface area contributed by atoms with Crippen LogP contribution in [0.15, 0.2) is 17.5 Å². The Kier molecular flexibility index (Phi) is 7.77. The predicted octanol–water partition coefficient (Wildman–Crippen LogP) is 2.66. The van der Waals surface area contributed by atoms with E-state index in [0.717, 1.165) is 25.7 Å². The zero-order valence-electron chi connectivity index (χ0n) is 14.8. The lowest BCUT2D eigenvalue weighted by Crippen LogP contribution is -2.48. The molecule has 142 valence electrons. The van der Waals surface area contributed by atoms with Gasteiger partial charge in [-0.25, -0.2) is 4.79 Å². The first kappa shape index (κ1) is 20.1. The fourth-order valence-electron chi connectivity index (χ4n) is 2.89. The van der Waals surface area contributed by atoms with Crippen LogP contribution < -0.4 is 10.6 Å². The molecule has 1 aliphatic carbocycles. The fourth-order valence-corrected chi connectivity index (χ4v) is 3.59. The van der Waals surface area contributed by atoms with E-state index in [1.165, 1.54) is 11.3 Å². The van der Waals surface area contributed by atoms with Crippen LogP contribution >= 0.6 is 11.3 Å². The highest BCUT2D eigenvalue weighted by Crippen LogP contribution is 2.23. The summed E-state index contributed by atoms with van der Waals surface area (Å²) in [6.07, 6.45) is 4.10. The van der Waals surface area contributed by atoms with Crippen LogP contribution in [0.4, 0.5) is 4.79 Å². The lowest BCUT2D eigenvalue weighted by Gasteiger charge is -2.29. The summed E-state index contributed by atoms with van der Waals surface area (Å²) >= 11 is 1.31. The Morgan fingerprint density at radius 3 is 2.65 bits per heavy atom. The Hall–Kier alpha value is -2.22. The molecule has 1 heterocycles. The predicted molar refractivity (Wildman–Crippen MR) is 96.9 cm³/mol. The molecule has 2 atom stereocenters. The molecule has 0 bridgehead atoms. The highest BCUT2D eigenvalue weighted by molar-refractivity contribution is 7.12. The summed E-state index contributed by atoms with van der Waals surface area (Å²) in [4.78, 5) is 47.5. The first-order chi connectivity index (χ1) is 12.5. The number of amides is 3. The Labute approximate surface area is 156 Å². The van der Waals surface area contributed by atoms with E-state index in [4.69, 9.17) is 4.74 Å². The van der Waals surface area contributed by atoms with Gasteiger partial charge in [0.1, 0.15) is 0 Å². The summed E-state index contributed by atoms with van der Waals surface area (Å²) in [6, 6.07) is 2.94. The number of carbonyl (C=O) groups excluding carboxylic acids is 4. The Bertz CT molecular complexity index is 644. The van der Waals surface area contributed by atoms with E-state index < -0.39 is 24.5 Å². The number of ether oxygens (including phenoxy) is 1. The lowest BCUT2D eigenvalue weighted by atomic mass is 9.86. The molecule has 1 saturated carbocycles. The minimum absolute atomic E-state index is 0.0288. The van der Waals surface area contributed by atoms with Gasteiger partial charge in [-0.15, -0.1) is 11.3 Å². The van der Waals surface area contributed by atoms with Crippen molar-refractivity contribution in [3.8, 4) is 0 Å². The molecule has 3 amide bonds. The summed E-state index contributed by atoms with van der Waals surface area (Å²) in [5, 5.41) is 6.73. The van der Waals surface area contributed by atoms with Crippen LogP contribution in [0.1, 0.15) is 55.1 Å². The highest BCUT2D eigenvalue weighted by Gasteiger charge is 2.23. The average Bonchev–Trinajstić information content (AvgIpc) is 3.14. The molecular weight excluding hydrogens is 356 g/mol. The largest absolute Gasteiger partial charge is 0.456 e. The van der Waals surface area contributed by atoms with Crippen molar-refractivity contribution in [3.63, 3.8) is 0 Å². The molecule has 1 aliphatic rings. The van der Waals surface area contributed by atoms with Crippen molar-refractivity contribution in [3.05, 3.63) is 22.4 Å². The maximum absolute atomic E-state index is 11.8. The molecule has 0 aliphatic heterocycles. The molecule has 0 radical (unpaired) electrons. The van der Waals surface area contributed by atoms with Crippen LogP contribution in [0, 0.1) is 5.92 Å². The SMILES string of the molecule is C[C@H]1CCCC[C@H]1NC(=O)NC(=O)COC(=O)CCC(=O)c1cccs1.